The summed E-state index contributed by atoms with van der Waals surface area (Å²) in [6, 6.07) is 4.76. The molecule has 4 heterocycles. The fraction of sp³-hybridized carbons (Fsp3) is 0.536. The van der Waals surface area contributed by atoms with Crippen molar-refractivity contribution in [2.24, 2.45) is 5.41 Å². The number of nitrogens with one attached hydrogen (secondary N) is 2. The summed E-state index contributed by atoms with van der Waals surface area (Å²) in [5, 5.41) is 12.0. The van der Waals surface area contributed by atoms with Crippen molar-refractivity contribution >= 4 is 44.6 Å². The normalized spacial score (nSPS) is 19.7. The topological polar surface area (TPSA) is 132 Å². The Bertz CT molecular complexity index is 1600. The van der Waals surface area contributed by atoms with Gasteiger partial charge in [-0.25, -0.2) is 27.2 Å². The fourth-order valence-electron chi connectivity index (χ4n) is 5.89. The van der Waals surface area contributed by atoms with Gasteiger partial charge in [0.25, 0.3) is 11.8 Å². The Morgan fingerprint density at radius 1 is 1.05 bits per heavy atom. The lowest BCUT2D eigenvalue weighted by Crippen LogP contribution is -2.40. The highest BCUT2D eigenvalue weighted by atomic mass is 32.2. The van der Waals surface area contributed by atoms with Gasteiger partial charge in [-0.05, 0) is 56.2 Å². The minimum absolute atomic E-state index is 0.118. The van der Waals surface area contributed by atoms with Crippen LogP contribution in [0.1, 0.15) is 54.6 Å². The van der Waals surface area contributed by atoms with Gasteiger partial charge in [-0.1, -0.05) is 0 Å². The molecular weight excluding hydrogens is 568 g/mol. The van der Waals surface area contributed by atoms with E-state index in [1.807, 2.05) is 6.92 Å². The number of alkyl halides is 2. The maximum atomic E-state index is 13.9. The highest BCUT2D eigenvalue weighted by molar-refractivity contribution is 7.92. The Morgan fingerprint density at radius 3 is 2.40 bits per heavy atom. The van der Waals surface area contributed by atoms with Crippen molar-refractivity contribution in [2.45, 2.75) is 51.4 Å². The Labute approximate surface area is 243 Å². The summed E-state index contributed by atoms with van der Waals surface area (Å²) in [5.74, 6) is -2.91. The quantitative estimate of drug-likeness (QED) is 0.356. The number of rotatable bonds is 8. The van der Waals surface area contributed by atoms with Gasteiger partial charge >= 0.3 is 0 Å². The second-order valence-corrected chi connectivity index (χ2v) is 13.5. The van der Waals surface area contributed by atoms with Crippen molar-refractivity contribution in [2.75, 3.05) is 58.4 Å². The van der Waals surface area contributed by atoms with Crippen LogP contribution in [0.5, 0.6) is 0 Å². The highest BCUT2D eigenvalue weighted by Crippen LogP contribution is 2.54. The number of aromatic nitrogens is 3. The Kier molecular flexibility index (Phi) is 7.24. The van der Waals surface area contributed by atoms with Crippen molar-refractivity contribution < 1.29 is 27.1 Å². The van der Waals surface area contributed by atoms with E-state index in [0.29, 0.717) is 33.8 Å². The number of fused-ring (bicyclic) bond motifs is 1. The molecule has 11 nitrogen and oxygen atoms in total. The van der Waals surface area contributed by atoms with E-state index in [1.54, 1.807) is 33.8 Å². The average molecular weight is 604 g/mol. The molecule has 1 aliphatic carbocycles. The molecule has 1 spiro atoms. The number of imidazole rings is 1. The molecule has 42 heavy (non-hydrogen) atoms. The second kappa shape index (κ2) is 10.6. The molecule has 6 rings (SSSR count). The monoisotopic (exact) mass is 603 g/mol. The van der Waals surface area contributed by atoms with Crippen LogP contribution in [0.25, 0.3) is 5.65 Å². The number of anilines is 4. The van der Waals surface area contributed by atoms with Crippen LogP contribution in [0.3, 0.4) is 0 Å². The molecule has 0 atom stereocenters. The van der Waals surface area contributed by atoms with E-state index < -0.39 is 34.2 Å². The van der Waals surface area contributed by atoms with E-state index >= 15 is 0 Å². The van der Waals surface area contributed by atoms with Gasteiger partial charge in [0.2, 0.25) is 10.0 Å². The van der Waals surface area contributed by atoms with Crippen LogP contribution in [0.4, 0.5) is 31.8 Å². The zero-order valence-corrected chi connectivity index (χ0v) is 24.3. The zero-order valence-electron chi connectivity index (χ0n) is 23.4. The number of sulfonamides is 1. The third-order valence-corrected chi connectivity index (χ3v) is 9.96. The highest BCUT2D eigenvalue weighted by Gasteiger charge is 2.44. The van der Waals surface area contributed by atoms with E-state index in [1.165, 1.54) is 18.9 Å². The summed E-state index contributed by atoms with van der Waals surface area (Å²) >= 11 is 0. The second-order valence-electron chi connectivity index (χ2n) is 11.7. The van der Waals surface area contributed by atoms with Crippen LogP contribution in [-0.2, 0) is 10.0 Å². The SMILES string of the molecule is Cc1cnc2c(N3CCC(F)(F)CC3)nc(NC(=O)c3ccc(NS(=O)(=O)CCO)cc3N3CCC4(CC3)CC4)cn12. The molecule has 3 N–H and O–H groups in total. The first-order chi connectivity index (χ1) is 20.0. The molecule has 1 saturated carbocycles. The molecule has 1 aromatic carbocycles. The number of aryl methyl sites for hydroxylation is 1. The molecule has 3 fully saturated rings. The molecule has 3 aromatic rings. The molecule has 2 aromatic heterocycles. The number of aliphatic hydroxyl groups excluding tert-OH is 1. The van der Waals surface area contributed by atoms with Crippen LogP contribution in [0.2, 0.25) is 0 Å². The van der Waals surface area contributed by atoms with Crippen molar-refractivity contribution in [1.29, 1.82) is 0 Å². The van der Waals surface area contributed by atoms with Crippen LogP contribution in [0.15, 0.2) is 30.6 Å². The maximum Gasteiger partial charge on any atom is 0.258 e. The molecule has 2 aliphatic heterocycles. The summed E-state index contributed by atoms with van der Waals surface area (Å²) < 4.78 is 56.7. The van der Waals surface area contributed by atoms with E-state index in [9.17, 15) is 22.0 Å². The number of aliphatic hydroxyl groups is 1. The van der Waals surface area contributed by atoms with E-state index in [0.717, 1.165) is 31.6 Å². The van der Waals surface area contributed by atoms with Crippen LogP contribution >= 0.6 is 0 Å². The lowest BCUT2D eigenvalue weighted by molar-refractivity contribution is -0.0221. The van der Waals surface area contributed by atoms with Crippen molar-refractivity contribution in [3.63, 3.8) is 0 Å². The van der Waals surface area contributed by atoms with Gasteiger partial charge in [0.15, 0.2) is 17.3 Å². The van der Waals surface area contributed by atoms with Crippen molar-refractivity contribution in [1.82, 2.24) is 14.4 Å². The van der Waals surface area contributed by atoms with Gasteiger partial charge in [-0.2, -0.15) is 0 Å². The standard InChI is InChI=1S/C28H35F2N7O4S/c1-19-17-31-24-25(36-12-8-28(29,30)9-13-36)32-23(18-37(19)24)33-26(39)21-3-2-20(34-42(40,41)15-14-38)16-22(21)35-10-6-27(4-5-27)7-11-35/h2-3,16-18,34,38H,4-15H2,1H3,(H,33,39). The minimum Gasteiger partial charge on any atom is -0.395 e. The van der Waals surface area contributed by atoms with Gasteiger partial charge in [0.1, 0.15) is 0 Å². The molecule has 3 aliphatic rings. The van der Waals surface area contributed by atoms with Crippen LogP contribution < -0.4 is 19.8 Å². The molecule has 0 radical (unpaired) electrons. The number of carbonyl (C=O) groups excluding carboxylic acids is 1. The van der Waals surface area contributed by atoms with E-state index in [2.05, 4.69) is 24.9 Å². The molecular formula is C28H35F2N7O4S. The minimum atomic E-state index is -3.75. The zero-order chi connectivity index (χ0) is 29.7. The third kappa shape index (κ3) is 5.87. The van der Waals surface area contributed by atoms with Gasteiger partial charge in [-0.15, -0.1) is 0 Å². The Balaban J connectivity index is 1.31. The first-order valence-electron chi connectivity index (χ1n) is 14.3. The fourth-order valence-corrected chi connectivity index (χ4v) is 6.72. The number of hydrogen-bond donors (Lipinski definition) is 3. The first kappa shape index (κ1) is 28.6. The van der Waals surface area contributed by atoms with Gasteiger partial charge < -0.3 is 20.2 Å². The Morgan fingerprint density at radius 2 is 1.74 bits per heavy atom. The number of piperidine rings is 2. The summed E-state index contributed by atoms with van der Waals surface area (Å²) in [7, 11) is -3.75. The predicted octanol–water partition coefficient (Wildman–Crippen LogP) is 3.64. The number of benzene rings is 1. The number of nitrogens with zero attached hydrogens (tertiary/aromatic N) is 5. The predicted molar refractivity (Wildman–Crippen MR) is 156 cm³/mol. The molecule has 0 bridgehead atoms. The summed E-state index contributed by atoms with van der Waals surface area (Å²) in [4.78, 5) is 26.7. The average Bonchev–Trinajstić information content (AvgIpc) is 3.59. The number of carbonyl (C=O) groups is 1. The summed E-state index contributed by atoms with van der Waals surface area (Å²) in [6.45, 7) is 3.08. The lowest BCUT2D eigenvalue weighted by atomic mass is 9.93. The number of halogens is 2. The van der Waals surface area contributed by atoms with E-state index in [-0.39, 0.29) is 31.7 Å². The van der Waals surface area contributed by atoms with Gasteiger partial charge in [-0.3, -0.25) is 13.9 Å². The largest absolute Gasteiger partial charge is 0.395 e. The summed E-state index contributed by atoms with van der Waals surface area (Å²) in [6.07, 6.45) is 7.20. The molecule has 14 heteroatoms. The molecule has 1 amide bonds. The van der Waals surface area contributed by atoms with Crippen LogP contribution in [0, 0.1) is 12.3 Å². The van der Waals surface area contributed by atoms with Crippen LogP contribution in [-0.4, -0.2) is 78.3 Å². The van der Waals surface area contributed by atoms with E-state index in [4.69, 9.17) is 5.11 Å². The number of hydrogen-bond acceptors (Lipinski definition) is 8. The molecule has 0 unspecified atom stereocenters. The van der Waals surface area contributed by atoms with Crippen molar-refractivity contribution in [3.8, 4) is 0 Å². The molecule has 2 saturated heterocycles. The Hall–Kier alpha value is -3.52. The lowest BCUT2D eigenvalue weighted by Gasteiger charge is -2.35. The maximum absolute atomic E-state index is 13.9. The van der Waals surface area contributed by atoms with Crippen molar-refractivity contribution in [3.05, 3.63) is 41.9 Å². The number of amides is 1. The first-order valence-corrected chi connectivity index (χ1v) is 15.9. The van der Waals surface area contributed by atoms with Gasteiger partial charge in [0, 0.05) is 50.9 Å². The molecule has 226 valence electrons. The smallest absolute Gasteiger partial charge is 0.258 e. The third-order valence-electron chi connectivity index (χ3n) is 8.69. The van der Waals surface area contributed by atoms with Gasteiger partial charge in [0.05, 0.1) is 35.5 Å². The summed E-state index contributed by atoms with van der Waals surface area (Å²) in [5.41, 5.74) is 2.99.